The lowest BCUT2D eigenvalue weighted by Crippen LogP contribution is -2.57. The molecule has 3 aliphatic rings. The molecule has 40 heavy (non-hydrogen) atoms. The van der Waals surface area contributed by atoms with E-state index in [0.717, 1.165) is 24.9 Å². The fourth-order valence-electron chi connectivity index (χ4n) is 8.27. The Labute approximate surface area is 241 Å². The van der Waals surface area contributed by atoms with Gasteiger partial charge in [0.1, 0.15) is 11.8 Å². The molecule has 0 radical (unpaired) electrons. The third-order valence-electron chi connectivity index (χ3n) is 10.8. The van der Waals surface area contributed by atoms with E-state index in [9.17, 15) is 4.79 Å². The van der Waals surface area contributed by atoms with Gasteiger partial charge in [-0.1, -0.05) is 76.8 Å². The van der Waals surface area contributed by atoms with E-state index >= 15 is 0 Å². The lowest BCUT2D eigenvalue weighted by atomic mass is 9.51. The number of hydrogen-bond acceptors (Lipinski definition) is 5. The molecule has 2 heterocycles. The van der Waals surface area contributed by atoms with Crippen molar-refractivity contribution in [3.63, 3.8) is 0 Å². The molecule has 2 aliphatic carbocycles. The third kappa shape index (κ3) is 6.25. The number of benzene rings is 1. The number of amides is 1. The maximum absolute atomic E-state index is 13.1. The molecular weight excluding hydrogens is 494 g/mol. The van der Waals surface area contributed by atoms with Crippen LogP contribution in [0, 0.1) is 40.4 Å². The second kappa shape index (κ2) is 12.4. The SMILES string of the molecule is CCC(C)CC1(c2ccccc2)CCC2(CC1)CN(CC(=O)Nc1nccc(C#N)n1)CC(C)C2CC1CCC1. The van der Waals surface area contributed by atoms with Crippen LogP contribution in [-0.2, 0) is 10.2 Å². The maximum atomic E-state index is 13.1. The van der Waals surface area contributed by atoms with Gasteiger partial charge in [0.25, 0.3) is 0 Å². The first kappa shape index (κ1) is 28.7. The predicted octanol–water partition coefficient (Wildman–Crippen LogP) is 6.98. The Morgan fingerprint density at radius 2 is 1.93 bits per heavy atom. The lowest BCUT2D eigenvalue weighted by molar-refractivity contribution is -0.121. The van der Waals surface area contributed by atoms with Crippen LogP contribution in [0.3, 0.4) is 0 Å². The van der Waals surface area contributed by atoms with E-state index < -0.39 is 0 Å². The molecule has 1 aromatic heterocycles. The molecule has 2 saturated carbocycles. The monoisotopic (exact) mass is 541 g/mol. The highest BCUT2D eigenvalue weighted by molar-refractivity contribution is 5.90. The Bertz CT molecular complexity index is 1180. The number of hydrogen-bond donors (Lipinski definition) is 1. The molecule has 3 fully saturated rings. The van der Waals surface area contributed by atoms with Crippen LogP contribution in [0.5, 0.6) is 0 Å². The minimum Gasteiger partial charge on any atom is -0.294 e. The van der Waals surface area contributed by atoms with Gasteiger partial charge in [-0.3, -0.25) is 15.0 Å². The quantitative estimate of drug-likeness (QED) is 0.370. The maximum Gasteiger partial charge on any atom is 0.240 e. The van der Waals surface area contributed by atoms with E-state index in [1.807, 2.05) is 6.07 Å². The normalized spacial score (nSPS) is 29.9. The number of nitrogens with one attached hydrogen (secondary N) is 1. The Balaban J connectivity index is 1.34. The van der Waals surface area contributed by atoms with E-state index in [-0.39, 0.29) is 28.4 Å². The summed E-state index contributed by atoms with van der Waals surface area (Å²) in [7, 11) is 0. The van der Waals surface area contributed by atoms with Gasteiger partial charge in [0, 0.05) is 19.3 Å². The van der Waals surface area contributed by atoms with Crippen LogP contribution in [0.15, 0.2) is 42.6 Å². The fraction of sp³-hybridized carbons (Fsp3) is 0.647. The van der Waals surface area contributed by atoms with Crippen LogP contribution in [0.1, 0.15) is 96.2 Å². The van der Waals surface area contributed by atoms with Crippen molar-refractivity contribution in [1.29, 1.82) is 5.26 Å². The summed E-state index contributed by atoms with van der Waals surface area (Å²) in [5.41, 5.74) is 2.31. The van der Waals surface area contributed by atoms with Crippen molar-refractivity contribution in [1.82, 2.24) is 14.9 Å². The Hall–Kier alpha value is -2.78. The van der Waals surface area contributed by atoms with Crippen LogP contribution in [0.2, 0.25) is 0 Å². The minimum atomic E-state index is -0.0962. The molecule has 1 N–H and O–H groups in total. The van der Waals surface area contributed by atoms with Crippen molar-refractivity contribution in [2.75, 3.05) is 25.0 Å². The zero-order valence-electron chi connectivity index (χ0n) is 24.7. The number of nitrogens with zero attached hydrogens (tertiary/aromatic N) is 4. The van der Waals surface area contributed by atoms with E-state index in [4.69, 9.17) is 5.26 Å². The Morgan fingerprint density at radius 1 is 1.18 bits per heavy atom. The Kier molecular flexibility index (Phi) is 8.90. The number of nitriles is 1. The first-order chi connectivity index (χ1) is 19.3. The van der Waals surface area contributed by atoms with E-state index in [0.29, 0.717) is 18.4 Å². The lowest BCUT2D eigenvalue weighted by Gasteiger charge is -2.58. The van der Waals surface area contributed by atoms with Crippen molar-refractivity contribution in [3.05, 3.63) is 53.9 Å². The number of piperidine rings is 1. The topological polar surface area (TPSA) is 81.9 Å². The molecule has 3 unspecified atom stereocenters. The van der Waals surface area contributed by atoms with Crippen LogP contribution in [0.25, 0.3) is 0 Å². The van der Waals surface area contributed by atoms with Crippen LogP contribution < -0.4 is 5.32 Å². The summed E-state index contributed by atoms with van der Waals surface area (Å²) < 4.78 is 0. The summed E-state index contributed by atoms with van der Waals surface area (Å²) >= 11 is 0. The number of anilines is 1. The van der Waals surface area contributed by atoms with Crippen LogP contribution in [-0.4, -0.2) is 40.4 Å². The molecule has 2 aromatic rings. The summed E-state index contributed by atoms with van der Waals surface area (Å²) in [6, 6.07) is 14.9. The number of rotatable bonds is 9. The van der Waals surface area contributed by atoms with Crippen molar-refractivity contribution >= 4 is 11.9 Å². The molecule has 5 rings (SSSR count). The van der Waals surface area contributed by atoms with Crippen molar-refractivity contribution in [3.8, 4) is 6.07 Å². The van der Waals surface area contributed by atoms with Gasteiger partial charge in [-0.15, -0.1) is 0 Å². The molecule has 1 spiro atoms. The van der Waals surface area contributed by atoms with Crippen molar-refractivity contribution in [2.24, 2.45) is 29.1 Å². The summed E-state index contributed by atoms with van der Waals surface area (Å²) in [6.45, 7) is 9.49. The van der Waals surface area contributed by atoms with E-state index in [1.165, 1.54) is 76.0 Å². The first-order valence-electron chi connectivity index (χ1n) is 15.7. The molecule has 6 heteroatoms. The van der Waals surface area contributed by atoms with Gasteiger partial charge < -0.3 is 0 Å². The van der Waals surface area contributed by atoms with E-state index in [2.05, 4.69) is 71.3 Å². The number of carbonyl (C=O) groups excluding carboxylic acids is 1. The highest BCUT2D eigenvalue weighted by atomic mass is 16.2. The molecule has 1 saturated heterocycles. The van der Waals surface area contributed by atoms with Gasteiger partial charge in [-0.25, -0.2) is 9.97 Å². The standard InChI is InChI=1S/C34H47N5O/c1-4-25(2)20-33(28-11-6-5-7-12-28)14-16-34(17-15-33)24-39(22-26(3)30(34)19-27-9-8-10-27)23-31(40)38-32-36-18-13-29(21-35)37-32/h5-7,11-13,18,25-27,30H,4,8-10,14-17,19-20,22-24H2,1-3H3,(H,36,37,38,40). The molecule has 3 atom stereocenters. The highest BCUT2D eigenvalue weighted by Gasteiger charge is 2.52. The average Bonchev–Trinajstić information content (AvgIpc) is 2.93. The molecule has 214 valence electrons. The summed E-state index contributed by atoms with van der Waals surface area (Å²) in [5, 5.41) is 12.0. The van der Waals surface area contributed by atoms with Crippen molar-refractivity contribution < 1.29 is 4.79 Å². The van der Waals surface area contributed by atoms with Gasteiger partial charge in [0.05, 0.1) is 6.54 Å². The van der Waals surface area contributed by atoms with Gasteiger partial charge in [0.2, 0.25) is 11.9 Å². The third-order valence-corrected chi connectivity index (χ3v) is 10.8. The predicted molar refractivity (Wildman–Crippen MR) is 160 cm³/mol. The zero-order chi connectivity index (χ0) is 28.2. The second-order valence-electron chi connectivity index (χ2n) is 13.4. The fourth-order valence-corrected chi connectivity index (χ4v) is 8.27. The summed E-state index contributed by atoms with van der Waals surface area (Å²) in [4.78, 5) is 23.8. The average molecular weight is 542 g/mol. The number of carbonyl (C=O) groups is 1. The molecule has 0 bridgehead atoms. The van der Waals surface area contributed by atoms with Crippen LogP contribution >= 0.6 is 0 Å². The molecular formula is C34H47N5O. The Morgan fingerprint density at radius 3 is 2.58 bits per heavy atom. The second-order valence-corrected chi connectivity index (χ2v) is 13.4. The zero-order valence-corrected chi connectivity index (χ0v) is 24.7. The molecule has 6 nitrogen and oxygen atoms in total. The smallest absolute Gasteiger partial charge is 0.240 e. The molecule has 1 amide bonds. The molecule has 1 aliphatic heterocycles. The van der Waals surface area contributed by atoms with Crippen LogP contribution in [0.4, 0.5) is 5.95 Å². The highest BCUT2D eigenvalue weighted by Crippen LogP contribution is 2.58. The van der Waals surface area contributed by atoms with E-state index in [1.54, 1.807) is 6.07 Å². The van der Waals surface area contributed by atoms with Gasteiger partial charge in [-0.2, -0.15) is 5.26 Å². The summed E-state index contributed by atoms with van der Waals surface area (Å²) in [6.07, 6.45) is 14.5. The van der Waals surface area contributed by atoms with Gasteiger partial charge >= 0.3 is 0 Å². The minimum absolute atomic E-state index is 0.0962. The van der Waals surface area contributed by atoms with Gasteiger partial charge in [-0.05, 0) is 84.7 Å². The molecule has 1 aromatic carbocycles. The van der Waals surface area contributed by atoms with Crippen molar-refractivity contribution in [2.45, 2.75) is 90.4 Å². The summed E-state index contributed by atoms with van der Waals surface area (Å²) in [5.74, 6) is 3.02. The van der Waals surface area contributed by atoms with Gasteiger partial charge in [0.15, 0.2) is 0 Å². The number of likely N-dealkylation sites (tertiary alicyclic amines) is 1. The number of aromatic nitrogens is 2. The largest absolute Gasteiger partial charge is 0.294 e. The first-order valence-corrected chi connectivity index (χ1v) is 15.7.